The number of piperidine rings is 1. The van der Waals surface area contributed by atoms with Gasteiger partial charge >= 0.3 is 0 Å². The van der Waals surface area contributed by atoms with Gasteiger partial charge in [0.05, 0.1) is 12.2 Å². The second kappa shape index (κ2) is 7.38. The first-order chi connectivity index (χ1) is 10.7. The van der Waals surface area contributed by atoms with E-state index in [9.17, 15) is 13.2 Å². The van der Waals surface area contributed by atoms with Gasteiger partial charge < -0.3 is 4.90 Å². The predicted octanol–water partition coefficient (Wildman–Crippen LogP) is 2.62. The topological polar surface area (TPSA) is 57.7 Å². The van der Waals surface area contributed by atoms with E-state index >= 15 is 0 Å². The van der Waals surface area contributed by atoms with Crippen molar-refractivity contribution >= 4 is 39.1 Å². The summed E-state index contributed by atoms with van der Waals surface area (Å²) < 4.78 is 24.7. The van der Waals surface area contributed by atoms with E-state index < -0.39 is 10.0 Å². The number of sulfonamides is 1. The van der Waals surface area contributed by atoms with Gasteiger partial charge in [-0.05, 0) is 30.5 Å². The third-order valence-electron chi connectivity index (χ3n) is 4.00. The molecule has 128 valence electrons. The van der Waals surface area contributed by atoms with E-state index in [0.717, 1.165) is 5.56 Å². The van der Waals surface area contributed by atoms with Gasteiger partial charge in [-0.3, -0.25) is 4.79 Å². The minimum absolute atomic E-state index is 0.0654. The molecule has 0 spiro atoms. The zero-order chi connectivity index (χ0) is 17.2. The second-order valence-electron chi connectivity index (χ2n) is 5.89. The van der Waals surface area contributed by atoms with Crippen molar-refractivity contribution in [3.8, 4) is 0 Å². The monoisotopic (exact) mass is 378 g/mol. The number of hydrogen-bond acceptors (Lipinski definition) is 3. The van der Waals surface area contributed by atoms with Crippen molar-refractivity contribution in [2.45, 2.75) is 19.4 Å². The average molecular weight is 379 g/mol. The smallest absolute Gasteiger partial charge is 0.227 e. The van der Waals surface area contributed by atoms with Gasteiger partial charge in [-0.25, -0.2) is 12.7 Å². The molecule has 8 heteroatoms. The highest BCUT2D eigenvalue weighted by molar-refractivity contribution is 7.88. The average Bonchev–Trinajstić information content (AvgIpc) is 2.48. The van der Waals surface area contributed by atoms with E-state index in [1.54, 1.807) is 30.1 Å². The normalized spacial score (nSPS) is 19.6. The zero-order valence-corrected chi connectivity index (χ0v) is 15.5. The summed E-state index contributed by atoms with van der Waals surface area (Å²) in [5, 5.41) is 1.06. The SMILES string of the molecule is CN(Cc1ccc(Cl)cc1Cl)C(=O)C1CCCN(S(C)(=O)=O)C1. The van der Waals surface area contributed by atoms with Gasteiger partial charge in [0.15, 0.2) is 0 Å². The zero-order valence-electron chi connectivity index (χ0n) is 13.1. The maximum atomic E-state index is 12.6. The lowest BCUT2D eigenvalue weighted by Gasteiger charge is -2.32. The van der Waals surface area contributed by atoms with E-state index in [1.165, 1.54) is 10.6 Å². The molecule has 1 aromatic carbocycles. The minimum Gasteiger partial charge on any atom is -0.341 e. The molecule has 0 aliphatic carbocycles. The van der Waals surface area contributed by atoms with Gasteiger partial charge in [0.2, 0.25) is 15.9 Å². The summed E-state index contributed by atoms with van der Waals surface area (Å²) in [4.78, 5) is 14.2. The first-order valence-corrected chi connectivity index (χ1v) is 9.93. The number of carbonyl (C=O) groups is 1. The van der Waals surface area contributed by atoms with E-state index in [2.05, 4.69) is 0 Å². The summed E-state index contributed by atoms with van der Waals surface area (Å²) >= 11 is 12.0. The molecule has 1 fully saturated rings. The van der Waals surface area contributed by atoms with Crippen molar-refractivity contribution in [3.05, 3.63) is 33.8 Å². The number of amides is 1. The molecule has 1 aliphatic rings. The Bertz CT molecular complexity index is 694. The largest absolute Gasteiger partial charge is 0.341 e. The second-order valence-corrected chi connectivity index (χ2v) is 8.72. The van der Waals surface area contributed by atoms with Crippen LogP contribution in [0.5, 0.6) is 0 Å². The number of hydrogen-bond donors (Lipinski definition) is 0. The third kappa shape index (κ3) is 4.83. The first kappa shape index (κ1) is 18.5. The van der Waals surface area contributed by atoms with Crippen LogP contribution in [0.1, 0.15) is 18.4 Å². The number of benzene rings is 1. The van der Waals surface area contributed by atoms with Gasteiger partial charge in [-0.15, -0.1) is 0 Å². The van der Waals surface area contributed by atoms with Crippen molar-refractivity contribution in [1.29, 1.82) is 0 Å². The fraction of sp³-hybridized carbons (Fsp3) is 0.533. The van der Waals surface area contributed by atoms with Crippen LogP contribution in [-0.4, -0.2) is 49.9 Å². The quantitative estimate of drug-likeness (QED) is 0.808. The maximum Gasteiger partial charge on any atom is 0.227 e. The summed E-state index contributed by atoms with van der Waals surface area (Å²) in [6.07, 6.45) is 2.57. The third-order valence-corrected chi connectivity index (χ3v) is 5.86. The van der Waals surface area contributed by atoms with E-state index in [-0.39, 0.29) is 18.4 Å². The molecule has 23 heavy (non-hydrogen) atoms. The lowest BCUT2D eigenvalue weighted by molar-refractivity contribution is -0.135. The van der Waals surface area contributed by atoms with Crippen LogP contribution < -0.4 is 0 Å². The van der Waals surface area contributed by atoms with Crippen molar-refractivity contribution < 1.29 is 13.2 Å². The standard InChI is InChI=1S/C15H20Cl2N2O3S/c1-18(9-11-5-6-13(16)8-14(11)17)15(20)12-4-3-7-19(10-12)23(2,21)22/h5-6,8,12H,3-4,7,9-10H2,1-2H3. The molecule has 1 amide bonds. The molecule has 0 radical (unpaired) electrons. The van der Waals surface area contributed by atoms with Gasteiger partial charge in [0.25, 0.3) is 0 Å². The molecule has 1 unspecified atom stereocenters. The number of nitrogens with zero attached hydrogens (tertiary/aromatic N) is 2. The molecular formula is C15H20Cl2N2O3S. The van der Waals surface area contributed by atoms with Crippen LogP contribution >= 0.6 is 23.2 Å². The molecule has 1 aromatic rings. The minimum atomic E-state index is -3.26. The molecule has 1 atom stereocenters. The molecule has 2 rings (SSSR count). The van der Waals surface area contributed by atoms with Crippen molar-refractivity contribution in [3.63, 3.8) is 0 Å². The molecule has 1 saturated heterocycles. The summed E-state index contributed by atoms with van der Waals surface area (Å²) in [6, 6.07) is 5.16. The lowest BCUT2D eigenvalue weighted by Crippen LogP contribution is -2.45. The summed E-state index contributed by atoms with van der Waals surface area (Å²) in [6.45, 7) is 1.09. The molecule has 0 bridgehead atoms. The Balaban J connectivity index is 2.04. The van der Waals surface area contributed by atoms with Gasteiger partial charge in [0, 0.05) is 36.7 Å². The summed E-state index contributed by atoms with van der Waals surface area (Å²) in [7, 11) is -1.56. The van der Waals surface area contributed by atoms with Gasteiger partial charge in [0.1, 0.15) is 0 Å². The molecule has 0 N–H and O–H groups in total. The molecule has 1 heterocycles. The van der Waals surface area contributed by atoms with Crippen LogP contribution in [0.3, 0.4) is 0 Å². The Kier molecular flexibility index (Phi) is 5.94. The van der Waals surface area contributed by atoms with Crippen LogP contribution in [0.15, 0.2) is 18.2 Å². The van der Waals surface area contributed by atoms with Crippen LogP contribution in [0.25, 0.3) is 0 Å². The number of halogens is 2. The maximum absolute atomic E-state index is 12.6. The van der Waals surface area contributed by atoms with Crippen LogP contribution in [0.4, 0.5) is 0 Å². The van der Waals surface area contributed by atoms with Crippen molar-refractivity contribution in [2.24, 2.45) is 5.92 Å². The highest BCUT2D eigenvalue weighted by atomic mass is 35.5. The van der Waals surface area contributed by atoms with E-state index in [0.29, 0.717) is 36.0 Å². The van der Waals surface area contributed by atoms with E-state index in [4.69, 9.17) is 23.2 Å². The predicted molar refractivity (Wildman–Crippen MR) is 92.1 cm³/mol. The van der Waals surface area contributed by atoms with Gasteiger partial charge in [-0.2, -0.15) is 0 Å². The van der Waals surface area contributed by atoms with E-state index in [1.807, 2.05) is 0 Å². The van der Waals surface area contributed by atoms with Gasteiger partial charge in [-0.1, -0.05) is 29.3 Å². The fourth-order valence-electron chi connectivity index (χ4n) is 2.74. The highest BCUT2D eigenvalue weighted by Gasteiger charge is 2.31. The van der Waals surface area contributed by atoms with Crippen LogP contribution in [0.2, 0.25) is 10.0 Å². The number of carbonyl (C=O) groups excluding carboxylic acids is 1. The Morgan fingerprint density at radius 1 is 1.39 bits per heavy atom. The molecule has 1 aliphatic heterocycles. The molecule has 0 saturated carbocycles. The Morgan fingerprint density at radius 2 is 2.09 bits per heavy atom. The van der Waals surface area contributed by atoms with Crippen LogP contribution in [0, 0.1) is 5.92 Å². The highest BCUT2D eigenvalue weighted by Crippen LogP contribution is 2.24. The fourth-order valence-corrected chi connectivity index (χ4v) is 4.12. The molecular weight excluding hydrogens is 359 g/mol. The van der Waals surface area contributed by atoms with Crippen LogP contribution in [-0.2, 0) is 21.4 Å². The van der Waals surface area contributed by atoms with Crippen molar-refractivity contribution in [2.75, 3.05) is 26.4 Å². The molecule has 5 nitrogen and oxygen atoms in total. The summed E-state index contributed by atoms with van der Waals surface area (Å²) in [5.41, 5.74) is 0.808. The first-order valence-electron chi connectivity index (χ1n) is 7.32. The lowest BCUT2D eigenvalue weighted by atomic mass is 9.98. The summed E-state index contributed by atoms with van der Waals surface area (Å²) in [5.74, 6) is -0.376. The number of rotatable bonds is 4. The van der Waals surface area contributed by atoms with Crippen molar-refractivity contribution in [1.82, 2.24) is 9.21 Å². The Labute approximate surface area is 147 Å². The Morgan fingerprint density at radius 3 is 2.70 bits per heavy atom. The molecule has 0 aromatic heterocycles. The Hall–Kier alpha value is -0.820.